The van der Waals surface area contributed by atoms with Crippen LogP contribution in [-0.4, -0.2) is 30.2 Å². The van der Waals surface area contributed by atoms with Crippen LogP contribution in [0.2, 0.25) is 0 Å². The summed E-state index contributed by atoms with van der Waals surface area (Å²) in [5, 5.41) is 11.9. The van der Waals surface area contributed by atoms with E-state index in [0.717, 1.165) is 0 Å². The van der Waals surface area contributed by atoms with Crippen LogP contribution >= 0.6 is 0 Å². The van der Waals surface area contributed by atoms with Crippen LogP contribution in [0.25, 0.3) is 0 Å². The van der Waals surface area contributed by atoms with Crippen LogP contribution in [0.1, 0.15) is 24.8 Å². The molecule has 0 radical (unpaired) electrons. The first-order chi connectivity index (χ1) is 10.5. The lowest BCUT2D eigenvalue weighted by Gasteiger charge is -2.38. The Morgan fingerprint density at radius 3 is 2.59 bits per heavy atom. The van der Waals surface area contributed by atoms with E-state index in [4.69, 9.17) is 9.84 Å². The number of nitrogens with one attached hydrogen (secondary N) is 1. The van der Waals surface area contributed by atoms with Crippen molar-refractivity contribution in [3.63, 3.8) is 0 Å². The summed E-state index contributed by atoms with van der Waals surface area (Å²) in [5.41, 5.74) is 0.0278. The van der Waals surface area contributed by atoms with Crippen LogP contribution in [-0.2, 0) is 19.9 Å². The lowest BCUT2D eigenvalue weighted by atomic mass is 9.82. The largest absolute Gasteiger partial charge is 0.481 e. The van der Waals surface area contributed by atoms with E-state index < -0.39 is 23.3 Å². The zero-order valence-corrected chi connectivity index (χ0v) is 12.0. The van der Waals surface area contributed by atoms with Crippen LogP contribution < -0.4 is 5.32 Å². The SMILES string of the molecule is O=C(O)C1CC1C(=O)NC1(c2cccc(F)c2)CCOCC1. The molecule has 2 fully saturated rings. The summed E-state index contributed by atoms with van der Waals surface area (Å²) < 4.78 is 18.9. The van der Waals surface area contributed by atoms with Gasteiger partial charge in [-0.15, -0.1) is 0 Å². The van der Waals surface area contributed by atoms with Crippen molar-refractivity contribution in [2.75, 3.05) is 13.2 Å². The first-order valence-electron chi connectivity index (χ1n) is 7.40. The van der Waals surface area contributed by atoms with E-state index in [0.29, 0.717) is 38.0 Å². The van der Waals surface area contributed by atoms with E-state index >= 15 is 0 Å². The smallest absolute Gasteiger partial charge is 0.307 e. The number of carbonyl (C=O) groups excluding carboxylic acids is 1. The molecule has 1 saturated heterocycles. The van der Waals surface area contributed by atoms with E-state index in [1.807, 2.05) is 0 Å². The number of amides is 1. The Morgan fingerprint density at radius 1 is 1.27 bits per heavy atom. The Bertz CT molecular complexity index is 598. The Labute approximate surface area is 127 Å². The quantitative estimate of drug-likeness (QED) is 0.887. The van der Waals surface area contributed by atoms with E-state index in [9.17, 15) is 14.0 Å². The Morgan fingerprint density at radius 2 is 2.00 bits per heavy atom. The highest BCUT2D eigenvalue weighted by molar-refractivity contribution is 5.90. The summed E-state index contributed by atoms with van der Waals surface area (Å²) in [6.45, 7) is 0.952. The second kappa shape index (κ2) is 5.68. The predicted molar refractivity (Wildman–Crippen MR) is 75.5 cm³/mol. The minimum absolute atomic E-state index is 0.265. The molecule has 2 unspecified atom stereocenters. The molecule has 0 aromatic heterocycles. The van der Waals surface area contributed by atoms with Gasteiger partial charge in [0.2, 0.25) is 5.91 Å². The van der Waals surface area contributed by atoms with Crippen LogP contribution in [0.4, 0.5) is 4.39 Å². The van der Waals surface area contributed by atoms with E-state index in [1.165, 1.54) is 12.1 Å². The minimum atomic E-state index is -0.938. The number of hydrogen-bond donors (Lipinski definition) is 2. The maximum Gasteiger partial charge on any atom is 0.307 e. The summed E-state index contributed by atoms with van der Waals surface area (Å²) in [6.07, 6.45) is 1.47. The first-order valence-corrected chi connectivity index (χ1v) is 7.40. The van der Waals surface area contributed by atoms with Crippen molar-refractivity contribution < 1.29 is 23.8 Å². The third-order valence-corrected chi connectivity index (χ3v) is 4.53. The highest BCUT2D eigenvalue weighted by atomic mass is 19.1. The first kappa shape index (κ1) is 15.0. The van der Waals surface area contributed by atoms with Crippen LogP contribution in [0.15, 0.2) is 24.3 Å². The average molecular weight is 307 g/mol. The number of halogens is 1. The van der Waals surface area contributed by atoms with Gasteiger partial charge in [0.25, 0.3) is 0 Å². The molecule has 3 rings (SSSR count). The van der Waals surface area contributed by atoms with Gasteiger partial charge in [-0.2, -0.15) is 0 Å². The molecule has 2 atom stereocenters. The fraction of sp³-hybridized carbons (Fsp3) is 0.500. The molecule has 6 heteroatoms. The van der Waals surface area contributed by atoms with Gasteiger partial charge in [-0.05, 0) is 37.0 Å². The van der Waals surface area contributed by atoms with Crippen molar-refractivity contribution in [1.82, 2.24) is 5.32 Å². The lowest BCUT2D eigenvalue weighted by Crippen LogP contribution is -2.50. The van der Waals surface area contributed by atoms with E-state index in [2.05, 4.69) is 5.32 Å². The van der Waals surface area contributed by atoms with E-state index in [1.54, 1.807) is 12.1 Å². The molecule has 1 heterocycles. The molecule has 0 bridgehead atoms. The van der Waals surface area contributed by atoms with Crippen LogP contribution in [0, 0.1) is 17.7 Å². The molecule has 1 saturated carbocycles. The molecular formula is C16H18FNO4. The van der Waals surface area contributed by atoms with Crippen molar-refractivity contribution in [2.45, 2.75) is 24.8 Å². The average Bonchev–Trinajstić information content (AvgIpc) is 3.29. The Kier molecular flexibility index (Phi) is 3.87. The van der Waals surface area contributed by atoms with Crippen molar-refractivity contribution in [3.05, 3.63) is 35.6 Å². The maximum absolute atomic E-state index is 13.5. The van der Waals surface area contributed by atoms with Gasteiger partial charge in [-0.25, -0.2) is 4.39 Å². The summed E-state index contributed by atoms with van der Waals surface area (Å²) in [5.74, 6) is -2.63. The maximum atomic E-state index is 13.5. The molecule has 2 N–H and O–H groups in total. The number of benzene rings is 1. The highest BCUT2D eigenvalue weighted by Gasteiger charge is 2.50. The van der Waals surface area contributed by atoms with Crippen LogP contribution in [0.3, 0.4) is 0 Å². The molecule has 1 aliphatic carbocycles. The number of carboxylic acid groups (broad SMARTS) is 1. The Balaban J connectivity index is 1.81. The van der Waals surface area contributed by atoms with Crippen molar-refractivity contribution >= 4 is 11.9 Å². The van der Waals surface area contributed by atoms with Gasteiger partial charge in [0.05, 0.1) is 17.4 Å². The number of aliphatic carboxylic acids is 1. The fourth-order valence-corrected chi connectivity index (χ4v) is 3.08. The molecule has 0 spiro atoms. The van der Waals surface area contributed by atoms with Gasteiger partial charge < -0.3 is 15.2 Å². The fourth-order valence-electron chi connectivity index (χ4n) is 3.08. The summed E-state index contributed by atoms with van der Waals surface area (Å²) in [6, 6.07) is 6.19. The standard InChI is InChI=1S/C16H18FNO4/c17-11-3-1-2-10(8-11)16(4-6-22-7-5-16)18-14(19)12-9-13(12)15(20)21/h1-3,8,12-13H,4-7,9H2,(H,18,19)(H,20,21). The van der Waals surface area contributed by atoms with Gasteiger partial charge >= 0.3 is 5.97 Å². The van der Waals surface area contributed by atoms with Crippen molar-refractivity contribution in [1.29, 1.82) is 0 Å². The number of ether oxygens (including phenoxy) is 1. The summed E-state index contributed by atoms with van der Waals surface area (Å²) in [4.78, 5) is 23.3. The van der Waals surface area contributed by atoms with Crippen LogP contribution in [0.5, 0.6) is 0 Å². The van der Waals surface area contributed by atoms with Gasteiger partial charge in [-0.3, -0.25) is 9.59 Å². The molecule has 118 valence electrons. The molecule has 1 aromatic carbocycles. The molecular weight excluding hydrogens is 289 g/mol. The van der Waals surface area contributed by atoms with Gasteiger partial charge in [0.15, 0.2) is 0 Å². The monoisotopic (exact) mass is 307 g/mol. The Hall–Kier alpha value is -1.95. The zero-order chi connectivity index (χ0) is 15.7. The minimum Gasteiger partial charge on any atom is -0.481 e. The number of carbonyl (C=O) groups is 2. The second-order valence-corrected chi connectivity index (χ2v) is 5.98. The van der Waals surface area contributed by atoms with Crippen molar-refractivity contribution in [2.24, 2.45) is 11.8 Å². The number of rotatable bonds is 4. The normalized spacial score (nSPS) is 26.2. The number of hydrogen-bond acceptors (Lipinski definition) is 3. The topological polar surface area (TPSA) is 75.6 Å². The van der Waals surface area contributed by atoms with E-state index in [-0.39, 0.29) is 11.7 Å². The van der Waals surface area contributed by atoms with Gasteiger partial charge in [-0.1, -0.05) is 12.1 Å². The lowest BCUT2D eigenvalue weighted by molar-refractivity contribution is -0.140. The van der Waals surface area contributed by atoms with Gasteiger partial charge in [0.1, 0.15) is 5.82 Å². The predicted octanol–water partition coefficient (Wildman–Crippen LogP) is 1.67. The molecule has 1 aliphatic heterocycles. The third-order valence-electron chi connectivity index (χ3n) is 4.53. The summed E-state index contributed by atoms with van der Waals surface area (Å²) in [7, 11) is 0. The van der Waals surface area contributed by atoms with Gasteiger partial charge in [0, 0.05) is 13.2 Å². The van der Waals surface area contributed by atoms with Crippen molar-refractivity contribution in [3.8, 4) is 0 Å². The second-order valence-electron chi connectivity index (χ2n) is 5.98. The third kappa shape index (κ3) is 2.83. The molecule has 22 heavy (non-hydrogen) atoms. The molecule has 5 nitrogen and oxygen atoms in total. The molecule has 1 amide bonds. The molecule has 2 aliphatic rings. The highest BCUT2D eigenvalue weighted by Crippen LogP contribution is 2.41. The summed E-state index contributed by atoms with van der Waals surface area (Å²) >= 11 is 0. The zero-order valence-electron chi connectivity index (χ0n) is 12.0. The molecule has 1 aromatic rings. The number of carboxylic acids is 1.